The molecule has 3 rings (SSSR count). The van der Waals surface area contributed by atoms with Gasteiger partial charge in [0.15, 0.2) is 11.5 Å². The maximum Gasteiger partial charge on any atom is 0.434 e. The van der Waals surface area contributed by atoms with E-state index in [-0.39, 0.29) is 5.89 Å². The van der Waals surface area contributed by atoms with Crippen LogP contribution in [0.25, 0.3) is 22.9 Å². The fourth-order valence-electron chi connectivity index (χ4n) is 2.25. The first-order valence-electron chi connectivity index (χ1n) is 6.59. The van der Waals surface area contributed by atoms with Gasteiger partial charge in [-0.15, -0.1) is 5.10 Å². The summed E-state index contributed by atoms with van der Waals surface area (Å²) >= 11 is 0. The molecule has 6 nitrogen and oxygen atoms in total. The summed E-state index contributed by atoms with van der Waals surface area (Å²) in [6, 6.07) is 9.71. The monoisotopic (exact) mass is 298 g/mol. The number of benzene rings is 2. The number of hydrogen-bond acceptors (Lipinski definition) is 5. The third-order valence-electron chi connectivity index (χ3n) is 3.28. The summed E-state index contributed by atoms with van der Waals surface area (Å²) < 4.78 is 15.5. The number of fused-ring (bicyclic) bond motifs is 1. The van der Waals surface area contributed by atoms with Crippen molar-refractivity contribution in [1.82, 2.24) is 10.2 Å². The van der Waals surface area contributed by atoms with Gasteiger partial charge in [-0.3, -0.25) is 0 Å². The van der Waals surface area contributed by atoms with E-state index in [1.165, 1.54) is 0 Å². The fourth-order valence-corrected chi connectivity index (χ4v) is 2.25. The Balaban J connectivity index is 2.09. The van der Waals surface area contributed by atoms with Gasteiger partial charge in [-0.05, 0) is 34.5 Å². The Morgan fingerprint density at radius 1 is 1.14 bits per heavy atom. The zero-order valence-corrected chi connectivity index (χ0v) is 12.1. The molecule has 0 atom stereocenters. The van der Waals surface area contributed by atoms with Crippen molar-refractivity contribution >= 4 is 22.9 Å². The molecule has 0 aliphatic rings. The summed E-state index contributed by atoms with van der Waals surface area (Å²) in [5.74, 6) is 0.975. The van der Waals surface area contributed by atoms with Crippen molar-refractivity contribution in [3.63, 3.8) is 0 Å². The van der Waals surface area contributed by atoms with Crippen molar-refractivity contribution in [1.29, 1.82) is 0 Å². The van der Waals surface area contributed by atoms with Gasteiger partial charge in [0.2, 0.25) is 5.89 Å². The normalized spacial score (nSPS) is 11.2. The Morgan fingerprint density at radius 2 is 1.91 bits per heavy atom. The van der Waals surface area contributed by atoms with E-state index in [9.17, 15) is 4.79 Å². The van der Waals surface area contributed by atoms with Gasteiger partial charge in [-0.1, -0.05) is 18.2 Å². The van der Waals surface area contributed by atoms with Crippen molar-refractivity contribution in [2.24, 2.45) is 0 Å². The predicted molar refractivity (Wildman–Crippen MR) is 83.1 cm³/mol. The molecule has 0 saturated heterocycles. The molecule has 0 saturated carbocycles. The maximum atomic E-state index is 10.9. The maximum absolute atomic E-state index is 10.9. The summed E-state index contributed by atoms with van der Waals surface area (Å²) in [6.45, 7) is 0. The third-order valence-corrected chi connectivity index (χ3v) is 3.28. The van der Waals surface area contributed by atoms with Gasteiger partial charge in [0.05, 0.1) is 14.2 Å². The number of hydrogen-bond donors (Lipinski definition) is 1. The highest BCUT2D eigenvalue weighted by molar-refractivity contribution is 5.94. The molecule has 3 aromatic rings. The van der Waals surface area contributed by atoms with Gasteiger partial charge in [-0.25, -0.2) is 9.89 Å². The van der Waals surface area contributed by atoms with Crippen LogP contribution in [0.5, 0.6) is 11.5 Å². The van der Waals surface area contributed by atoms with Crippen LogP contribution in [0.2, 0.25) is 0 Å². The van der Waals surface area contributed by atoms with Crippen LogP contribution in [0, 0.1) is 0 Å². The quantitative estimate of drug-likeness (QED) is 0.801. The van der Waals surface area contributed by atoms with Gasteiger partial charge in [-0.2, -0.15) is 0 Å². The molecule has 0 bridgehead atoms. The largest absolute Gasteiger partial charge is 0.493 e. The highest BCUT2D eigenvalue weighted by Gasteiger charge is 2.07. The number of aromatic nitrogens is 2. The van der Waals surface area contributed by atoms with Gasteiger partial charge in [0.1, 0.15) is 0 Å². The van der Waals surface area contributed by atoms with Gasteiger partial charge in [0.25, 0.3) is 0 Å². The molecule has 2 aromatic carbocycles. The first kappa shape index (κ1) is 13.9. The first-order chi connectivity index (χ1) is 10.7. The summed E-state index contributed by atoms with van der Waals surface area (Å²) in [5, 5.41) is 7.96. The Hall–Kier alpha value is -3.02. The number of rotatable bonds is 4. The third kappa shape index (κ3) is 2.58. The number of H-pyrrole nitrogens is 1. The van der Waals surface area contributed by atoms with E-state index in [4.69, 9.17) is 13.9 Å². The van der Waals surface area contributed by atoms with E-state index in [1.54, 1.807) is 20.3 Å². The topological polar surface area (TPSA) is 77.4 Å². The lowest BCUT2D eigenvalue weighted by Crippen LogP contribution is -1.93. The molecular weight excluding hydrogens is 284 g/mol. The minimum absolute atomic E-state index is 0.225. The standard InChI is InChI=1S/C16H14N2O4/c1-20-13-8-11-5-3-4-10(12(11)9-14(13)21-2)6-7-15-17-18-16(19)22-15/h3-9H,1-2H3,(H,18,19)/b7-6+. The zero-order valence-electron chi connectivity index (χ0n) is 12.1. The molecule has 22 heavy (non-hydrogen) atoms. The van der Waals surface area contributed by atoms with E-state index in [0.29, 0.717) is 11.5 Å². The SMILES string of the molecule is COc1cc2cccc(/C=C/c3n[nH]c(=O)o3)c2cc1OC. The van der Waals surface area contributed by atoms with Crippen molar-refractivity contribution in [2.45, 2.75) is 0 Å². The van der Waals surface area contributed by atoms with E-state index in [2.05, 4.69) is 10.2 Å². The Kier molecular flexibility index (Phi) is 3.65. The second-order valence-corrected chi connectivity index (χ2v) is 4.56. The number of nitrogens with zero attached hydrogens (tertiary/aromatic N) is 1. The lowest BCUT2D eigenvalue weighted by molar-refractivity contribution is 0.356. The average molecular weight is 298 g/mol. The number of methoxy groups -OCH3 is 2. The highest BCUT2D eigenvalue weighted by atomic mass is 16.5. The Labute approximate surface area is 126 Å². The van der Waals surface area contributed by atoms with Gasteiger partial charge >= 0.3 is 5.76 Å². The lowest BCUT2D eigenvalue weighted by atomic mass is 10.0. The van der Waals surface area contributed by atoms with Crippen LogP contribution in [0.3, 0.4) is 0 Å². The van der Waals surface area contributed by atoms with Crippen molar-refractivity contribution in [3.8, 4) is 11.5 Å². The van der Waals surface area contributed by atoms with Crippen LogP contribution >= 0.6 is 0 Å². The van der Waals surface area contributed by atoms with Crippen LogP contribution in [0.1, 0.15) is 11.5 Å². The Bertz CT molecular complexity index is 893. The van der Waals surface area contributed by atoms with Crippen LogP contribution in [0.15, 0.2) is 39.5 Å². The fraction of sp³-hybridized carbons (Fsp3) is 0.125. The summed E-state index contributed by atoms with van der Waals surface area (Å²) in [7, 11) is 3.20. The van der Waals surface area contributed by atoms with Crippen molar-refractivity contribution in [2.75, 3.05) is 14.2 Å². The molecule has 1 aromatic heterocycles. The van der Waals surface area contributed by atoms with Crippen LogP contribution < -0.4 is 15.2 Å². The molecule has 0 aliphatic heterocycles. The molecule has 0 fully saturated rings. The molecule has 0 amide bonds. The van der Waals surface area contributed by atoms with E-state index < -0.39 is 5.76 Å². The molecular formula is C16H14N2O4. The molecule has 112 valence electrons. The number of ether oxygens (including phenoxy) is 2. The average Bonchev–Trinajstić information content (AvgIpc) is 2.96. The first-order valence-corrected chi connectivity index (χ1v) is 6.59. The predicted octanol–water partition coefficient (Wildman–Crippen LogP) is 2.70. The summed E-state index contributed by atoms with van der Waals surface area (Å²) in [4.78, 5) is 10.9. The van der Waals surface area contributed by atoms with Crippen molar-refractivity contribution < 1.29 is 13.9 Å². The molecule has 0 aliphatic carbocycles. The second-order valence-electron chi connectivity index (χ2n) is 4.56. The smallest absolute Gasteiger partial charge is 0.434 e. The van der Waals surface area contributed by atoms with Crippen molar-refractivity contribution in [3.05, 3.63) is 52.3 Å². The van der Waals surface area contributed by atoms with Crippen LogP contribution in [-0.4, -0.2) is 24.4 Å². The van der Waals surface area contributed by atoms with Gasteiger partial charge in [0, 0.05) is 6.08 Å². The van der Waals surface area contributed by atoms with Gasteiger partial charge < -0.3 is 13.9 Å². The zero-order chi connectivity index (χ0) is 15.5. The van der Waals surface area contributed by atoms with E-state index >= 15 is 0 Å². The summed E-state index contributed by atoms with van der Waals surface area (Å²) in [6.07, 6.45) is 3.46. The lowest BCUT2D eigenvalue weighted by Gasteiger charge is -2.10. The Morgan fingerprint density at radius 3 is 2.59 bits per heavy atom. The molecule has 1 heterocycles. The molecule has 0 unspecified atom stereocenters. The minimum Gasteiger partial charge on any atom is -0.493 e. The number of nitrogens with one attached hydrogen (secondary N) is 1. The molecule has 0 spiro atoms. The van der Waals surface area contributed by atoms with E-state index in [0.717, 1.165) is 16.3 Å². The van der Waals surface area contributed by atoms with Crippen LogP contribution in [0.4, 0.5) is 0 Å². The van der Waals surface area contributed by atoms with E-state index in [1.807, 2.05) is 36.4 Å². The minimum atomic E-state index is -0.580. The molecule has 6 heteroatoms. The van der Waals surface area contributed by atoms with Crippen LogP contribution in [-0.2, 0) is 0 Å². The number of aromatic amines is 1. The molecule has 0 radical (unpaired) electrons. The second kappa shape index (κ2) is 5.77. The summed E-state index contributed by atoms with van der Waals surface area (Å²) in [5.41, 5.74) is 0.948. The molecule has 1 N–H and O–H groups in total. The highest BCUT2D eigenvalue weighted by Crippen LogP contribution is 2.34.